The molecule has 2 nitrogen and oxygen atoms in total. The van der Waals surface area contributed by atoms with E-state index in [4.69, 9.17) is 0 Å². The molecule has 2 aliphatic carbocycles. The fraction of sp³-hybridized carbons (Fsp3) is 0.450. The highest BCUT2D eigenvalue weighted by atomic mass is 16.3. The zero-order valence-corrected chi connectivity index (χ0v) is 27.9. The van der Waals surface area contributed by atoms with Crippen LogP contribution in [0, 0.1) is 16.7 Å². The van der Waals surface area contributed by atoms with Crippen molar-refractivity contribution in [1.82, 2.24) is 0 Å². The van der Waals surface area contributed by atoms with Crippen LogP contribution in [-0.2, 0) is 0 Å². The molecule has 228 valence electrons. The summed E-state index contributed by atoms with van der Waals surface area (Å²) in [5.41, 5.74) is 8.73. The third kappa shape index (κ3) is 11.7. The average molecular weight is 569 g/mol. The van der Waals surface area contributed by atoms with Crippen molar-refractivity contribution < 1.29 is 10.2 Å². The van der Waals surface area contributed by atoms with Crippen LogP contribution in [0.15, 0.2) is 130 Å². The summed E-state index contributed by atoms with van der Waals surface area (Å²) in [4.78, 5) is 0. The summed E-state index contributed by atoms with van der Waals surface area (Å²) in [6, 6.07) is 0. The molecule has 0 aromatic rings. The monoisotopic (exact) mass is 568 g/mol. The van der Waals surface area contributed by atoms with Gasteiger partial charge < -0.3 is 10.2 Å². The third-order valence-electron chi connectivity index (χ3n) is 8.33. The molecule has 0 radical (unpaired) electrons. The molecule has 0 aromatic carbocycles. The van der Waals surface area contributed by atoms with Gasteiger partial charge in [-0.25, -0.2) is 0 Å². The lowest BCUT2D eigenvalue weighted by Crippen LogP contribution is -2.32. The molecule has 0 spiro atoms. The Kier molecular flexibility index (Phi) is 13.5. The van der Waals surface area contributed by atoms with Gasteiger partial charge in [0.25, 0.3) is 0 Å². The normalized spacial score (nSPS) is 26.6. The van der Waals surface area contributed by atoms with Crippen LogP contribution in [0.3, 0.4) is 0 Å². The summed E-state index contributed by atoms with van der Waals surface area (Å²) >= 11 is 0. The van der Waals surface area contributed by atoms with Gasteiger partial charge in [0.1, 0.15) is 0 Å². The zero-order valence-electron chi connectivity index (χ0n) is 27.9. The Morgan fingerprint density at radius 2 is 1.21 bits per heavy atom. The van der Waals surface area contributed by atoms with E-state index in [-0.39, 0.29) is 23.0 Å². The largest absolute Gasteiger partial charge is 0.393 e. The summed E-state index contributed by atoms with van der Waals surface area (Å²) in [6.07, 6.45) is 33.8. The maximum Gasteiger partial charge on any atom is 0.0729 e. The van der Waals surface area contributed by atoms with Crippen LogP contribution in [-0.4, -0.2) is 22.4 Å². The van der Waals surface area contributed by atoms with Crippen molar-refractivity contribution in [3.63, 3.8) is 0 Å². The second-order valence-corrected chi connectivity index (χ2v) is 13.7. The molecule has 0 aliphatic heterocycles. The van der Waals surface area contributed by atoms with E-state index >= 15 is 0 Å². The predicted octanol–water partition coefficient (Wildman–Crippen LogP) is 10.4. The lowest BCUT2D eigenvalue weighted by molar-refractivity contribution is 0.116. The Balaban J connectivity index is 1.90. The van der Waals surface area contributed by atoms with Crippen molar-refractivity contribution in [3.8, 4) is 0 Å². The first kappa shape index (κ1) is 35.3. The van der Waals surface area contributed by atoms with Crippen LogP contribution < -0.4 is 0 Å². The van der Waals surface area contributed by atoms with Crippen molar-refractivity contribution in [1.29, 1.82) is 0 Å². The van der Waals surface area contributed by atoms with E-state index in [2.05, 4.69) is 154 Å². The summed E-state index contributed by atoms with van der Waals surface area (Å²) in [7, 11) is 0. The highest BCUT2D eigenvalue weighted by Crippen LogP contribution is 2.42. The van der Waals surface area contributed by atoms with Gasteiger partial charge in [0.2, 0.25) is 0 Å². The van der Waals surface area contributed by atoms with Crippen molar-refractivity contribution >= 4 is 0 Å². The Hall–Kier alpha value is -2.94. The molecule has 2 rings (SSSR count). The van der Waals surface area contributed by atoms with E-state index in [0.29, 0.717) is 5.92 Å². The molecule has 0 bridgehead atoms. The average Bonchev–Trinajstić information content (AvgIpc) is 2.84. The summed E-state index contributed by atoms with van der Waals surface area (Å²) < 4.78 is 0. The molecular weight excluding hydrogens is 512 g/mol. The minimum atomic E-state index is -0.331. The minimum Gasteiger partial charge on any atom is -0.393 e. The van der Waals surface area contributed by atoms with Crippen LogP contribution in [0.2, 0.25) is 0 Å². The van der Waals surface area contributed by atoms with E-state index in [1.54, 1.807) is 0 Å². The molecular formula is C40H56O2. The maximum absolute atomic E-state index is 10.1. The topological polar surface area (TPSA) is 40.5 Å². The number of hydrogen-bond donors (Lipinski definition) is 2. The van der Waals surface area contributed by atoms with E-state index < -0.39 is 0 Å². The van der Waals surface area contributed by atoms with Crippen LogP contribution in [0.5, 0.6) is 0 Å². The quantitative estimate of drug-likeness (QED) is 0.203. The molecule has 0 fully saturated rings. The first-order valence-corrected chi connectivity index (χ1v) is 15.4. The van der Waals surface area contributed by atoms with Crippen molar-refractivity contribution in [2.45, 2.75) is 101 Å². The van der Waals surface area contributed by atoms with Crippen molar-refractivity contribution in [3.05, 3.63) is 130 Å². The van der Waals surface area contributed by atoms with Gasteiger partial charge in [0.15, 0.2) is 0 Å². The second kappa shape index (κ2) is 16.1. The van der Waals surface area contributed by atoms with Gasteiger partial charge >= 0.3 is 0 Å². The van der Waals surface area contributed by atoms with E-state index in [0.717, 1.165) is 19.3 Å². The van der Waals surface area contributed by atoms with Crippen LogP contribution in [0.4, 0.5) is 0 Å². The molecule has 0 unspecified atom stereocenters. The molecule has 3 atom stereocenters. The number of rotatable bonds is 10. The molecule has 0 saturated heterocycles. The van der Waals surface area contributed by atoms with E-state index in [9.17, 15) is 10.2 Å². The number of allylic oxidation sites excluding steroid dienone is 20. The van der Waals surface area contributed by atoms with Gasteiger partial charge in [-0.2, -0.15) is 0 Å². The summed E-state index contributed by atoms with van der Waals surface area (Å²) in [6.45, 7) is 21.6. The summed E-state index contributed by atoms with van der Waals surface area (Å²) in [5.74, 6) is 0.348. The minimum absolute atomic E-state index is 0.00528. The molecule has 2 N–H and O–H groups in total. The van der Waals surface area contributed by atoms with Gasteiger partial charge in [-0.15, -0.1) is 0 Å². The van der Waals surface area contributed by atoms with Crippen LogP contribution >= 0.6 is 0 Å². The van der Waals surface area contributed by atoms with Gasteiger partial charge in [-0.05, 0) is 77.2 Å². The zero-order chi connectivity index (χ0) is 31.5. The highest BCUT2D eigenvalue weighted by molar-refractivity contribution is 5.38. The second-order valence-electron chi connectivity index (χ2n) is 13.7. The number of aliphatic hydroxyl groups is 2. The fourth-order valence-corrected chi connectivity index (χ4v) is 6.14. The predicted molar refractivity (Wildman–Crippen MR) is 184 cm³/mol. The molecule has 0 amide bonds. The first-order valence-electron chi connectivity index (χ1n) is 15.4. The molecule has 0 saturated carbocycles. The molecule has 0 heterocycles. The van der Waals surface area contributed by atoms with Crippen LogP contribution in [0.1, 0.15) is 88.5 Å². The van der Waals surface area contributed by atoms with Crippen molar-refractivity contribution in [2.75, 3.05) is 0 Å². The Labute approximate surface area is 257 Å². The van der Waals surface area contributed by atoms with Gasteiger partial charge in [-0.3, -0.25) is 0 Å². The lowest BCUT2D eigenvalue weighted by atomic mass is 9.67. The number of hydrogen-bond acceptors (Lipinski definition) is 2. The van der Waals surface area contributed by atoms with Crippen molar-refractivity contribution in [2.24, 2.45) is 16.7 Å². The lowest BCUT2D eigenvalue weighted by Gasteiger charge is -2.38. The summed E-state index contributed by atoms with van der Waals surface area (Å²) in [5, 5.41) is 20.2. The van der Waals surface area contributed by atoms with Gasteiger partial charge in [-0.1, -0.05) is 152 Å². The standard InChI is InChI=1S/C40H56O2/c1-29(17-13-19-31(3)21-23-37-33(5)25-35(41)27-39(37,7)8)15-11-12-16-30(2)18-14-20-32(4)22-24-38-34(6)26-36(42)28-40(38,9)10/h11-25,35-37,41-42H,26-28H2,1-10H3/b12-11-,17-13-,18-14-,23-21-,24-22-,29-15+,30-16-,31-19+,32-20-/t35-,36+,37+/m0/s1. The van der Waals surface area contributed by atoms with Gasteiger partial charge in [0.05, 0.1) is 12.2 Å². The maximum atomic E-state index is 10.1. The molecule has 2 heteroatoms. The Bertz CT molecular complexity index is 1270. The Morgan fingerprint density at radius 1 is 0.714 bits per heavy atom. The highest BCUT2D eigenvalue weighted by Gasteiger charge is 2.34. The SMILES string of the molecule is CC1=C[C@H](O)CC(C)(C)[C@@H]1\C=C/C(C)=C/C=C\C(C)=C\C=C/C=C(C)\C=C/C=C(C)\C=C/C1=C(C)C[C@@H](O)CC1(C)C. The van der Waals surface area contributed by atoms with Gasteiger partial charge in [0, 0.05) is 5.92 Å². The fourth-order valence-electron chi connectivity index (χ4n) is 6.14. The third-order valence-corrected chi connectivity index (χ3v) is 8.33. The number of aliphatic hydroxyl groups excluding tert-OH is 2. The van der Waals surface area contributed by atoms with Crippen LogP contribution in [0.25, 0.3) is 0 Å². The van der Waals surface area contributed by atoms with E-state index in [1.807, 2.05) is 6.08 Å². The molecule has 2 aliphatic rings. The van der Waals surface area contributed by atoms with E-state index in [1.165, 1.54) is 39.0 Å². The Morgan fingerprint density at radius 3 is 1.74 bits per heavy atom. The molecule has 42 heavy (non-hydrogen) atoms. The molecule has 0 aromatic heterocycles. The smallest absolute Gasteiger partial charge is 0.0729 e. The first-order chi connectivity index (χ1) is 19.6.